The van der Waals surface area contributed by atoms with Crippen molar-refractivity contribution in [1.82, 2.24) is 0 Å². The van der Waals surface area contributed by atoms with Crippen LogP contribution in [-0.2, 0) is 4.74 Å². The molecule has 0 amide bonds. The Bertz CT molecular complexity index is 472. The maximum absolute atomic E-state index is 12.1. The van der Waals surface area contributed by atoms with E-state index in [0.29, 0.717) is 12.3 Å². The number of hydrogen-bond acceptors (Lipinski definition) is 4. The monoisotopic (exact) mass is 291 g/mol. The number of halogens is 3. The molecule has 0 radical (unpaired) electrons. The average Bonchev–Trinajstić information content (AvgIpc) is 2.29. The van der Waals surface area contributed by atoms with Crippen molar-refractivity contribution in [3.8, 4) is 5.75 Å². The highest BCUT2D eigenvalue weighted by Gasteiger charge is 2.32. The number of anilines is 1. The van der Waals surface area contributed by atoms with Crippen molar-refractivity contribution in [2.45, 2.75) is 26.6 Å². The van der Waals surface area contributed by atoms with Crippen molar-refractivity contribution < 1.29 is 27.4 Å². The highest BCUT2D eigenvalue weighted by molar-refractivity contribution is 5.91. The third-order valence-corrected chi connectivity index (χ3v) is 2.40. The second kappa shape index (κ2) is 6.49. The van der Waals surface area contributed by atoms with Gasteiger partial charge in [-0.15, -0.1) is 13.2 Å². The second-order valence-corrected chi connectivity index (χ2v) is 4.62. The number of nitrogens with two attached hydrogens (primary N) is 1. The first-order chi connectivity index (χ1) is 9.19. The van der Waals surface area contributed by atoms with Crippen LogP contribution in [0, 0.1) is 5.92 Å². The first-order valence-electron chi connectivity index (χ1n) is 6.01. The Morgan fingerprint density at radius 1 is 1.35 bits per heavy atom. The minimum Gasteiger partial charge on any atom is -0.462 e. The molecule has 0 unspecified atom stereocenters. The predicted octanol–water partition coefficient (Wildman–Crippen LogP) is 3.37. The van der Waals surface area contributed by atoms with Gasteiger partial charge in [-0.3, -0.25) is 0 Å². The molecule has 1 aromatic rings. The largest absolute Gasteiger partial charge is 0.573 e. The molecule has 0 spiro atoms. The van der Waals surface area contributed by atoms with E-state index >= 15 is 0 Å². The van der Waals surface area contributed by atoms with Gasteiger partial charge in [0, 0.05) is 0 Å². The number of hydrogen-bond donors (Lipinski definition) is 1. The number of esters is 1. The molecule has 20 heavy (non-hydrogen) atoms. The number of ether oxygens (including phenoxy) is 2. The highest BCUT2D eigenvalue weighted by Crippen LogP contribution is 2.29. The lowest BCUT2D eigenvalue weighted by molar-refractivity contribution is -0.274. The minimum absolute atomic E-state index is 0.0841. The molecule has 0 atom stereocenters. The van der Waals surface area contributed by atoms with Gasteiger partial charge in [-0.2, -0.15) is 0 Å². The molecule has 4 nitrogen and oxygen atoms in total. The lowest BCUT2D eigenvalue weighted by Gasteiger charge is -2.12. The maximum atomic E-state index is 12.1. The van der Waals surface area contributed by atoms with E-state index in [4.69, 9.17) is 10.5 Å². The van der Waals surface area contributed by atoms with Gasteiger partial charge in [0.2, 0.25) is 0 Å². The van der Waals surface area contributed by atoms with Crippen LogP contribution < -0.4 is 10.5 Å². The number of carbonyl (C=O) groups excluding carboxylic acids is 1. The molecule has 0 aliphatic heterocycles. The zero-order valence-corrected chi connectivity index (χ0v) is 11.2. The van der Waals surface area contributed by atoms with E-state index in [-0.39, 0.29) is 17.9 Å². The molecule has 0 saturated heterocycles. The lowest BCUT2D eigenvalue weighted by atomic mass is 10.1. The number of alkyl halides is 3. The smallest absolute Gasteiger partial charge is 0.462 e. The van der Waals surface area contributed by atoms with Gasteiger partial charge >= 0.3 is 12.3 Å². The molecule has 112 valence electrons. The molecule has 0 aliphatic rings. The molecule has 0 bridgehead atoms. The van der Waals surface area contributed by atoms with E-state index in [0.717, 1.165) is 12.1 Å². The fraction of sp³-hybridized carbons (Fsp3) is 0.462. The molecule has 7 heteroatoms. The van der Waals surface area contributed by atoms with Gasteiger partial charge in [-0.05, 0) is 30.5 Å². The molecule has 2 N–H and O–H groups in total. The maximum Gasteiger partial charge on any atom is 0.573 e. The Balaban J connectivity index is 2.69. The SMILES string of the molecule is CC(C)CCOC(=O)c1ccc(OC(F)(F)F)c(N)c1. The predicted molar refractivity (Wildman–Crippen MR) is 67.3 cm³/mol. The van der Waals surface area contributed by atoms with Crippen LogP contribution in [0.25, 0.3) is 0 Å². The number of benzene rings is 1. The van der Waals surface area contributed by atoms with Crippen LogP contribution in [0.5, 0.6) is 5.75 Å². The van der Waals surface area contributed by atoms with Gasteiger partial charge in [0.25, 0.3) is 0 Å². The Morgan fingerprint density at radius 3 is 2.50 bits per heavy atom. The Morgan fingerprint density at radius 2 is 2.00 bits per heavy atom. The van der Waals surface area contributed by atoms with E-state index in [2.05, 4.69) is 4.74 Å². The molecular weight excluding hydrogens is 275 g/mol. The van der Waals surface area contributed by atoms with Gasteiger partial charge in [-0.25, -0.2) is 4.79 Å². The van der Waals surface area contributed by atoms with Crippen molar-refractivity contribution in [2.24, 2.45) is 5.92 Å². The van der Waals surface area contributed by atoms with Crippen LogP contribution in [-0.4, -0.2) is 18.9 Å². The van der Waals surface area contributed by atoms with Crippen molar-refractivity contribution in [3.05, 3.63) is 23.8 Å². The summed E-state index contributed by atoms with van der Waals surface area (Å²) < 4.78 is 44.8. The normalized spacial score (nSPS) is 11.5. The van der Waals surface area contributed by atoms with E-state index in [9.17, 15) is 18.0 Å². The van der Waals surface area contributed by atoms with Crippen LogP contribution in [0.4, 0.5) is 18.9 Å². The molecule has 0 aliphatic carbocycles. The summed E-state index contributed by atoms with van der Waals surface area (Å²) in [5.41, 5.74) is 5.22. The van der Waals surface area contributed by atoms with E-state index in [1.807, 2.05) is 13.8 Å². The van der Waals surface area contributed by atoms with Crippen LogP contribution in [0.2, 0.25) is 0 Å². The van der Waals surface area contributed by atoms with Crippen LogP contribution >= 0.6 is 0 Å². The van der Waals surface area contributed by atoms with Crippen LogP contribution in [0.15, 0.2) is 18.2 Å². The van der Waals surface area contributed by atoms with Crippen molar-refractivity contribution >= 4 is 11.7 Å². The lowest BCUT2D eigenvalue weighted by Crippen LogP contribution is -2.18. The number of carbonyl (C=O) groups is 1. The molecule has 0 saturated carbocycles. The highest BCUT2D eigenvalue weighted by atomic mass is 19.4. The summed E-state index contributed by atoms with van der Waals surface area (Å²) in [6.45, 7) is 4.21. The summed E-state index contributed by atoms with van der Waals surface area (Å²) in [7, 11) is 0. The third kappa shape index (κ3) is 5.38. The Labute approximate surface area is 114 Å². The van der Waals surface area contributed by atoms with Gasteiger partial charge in [0.1, 0.15) is 0 Å². The first kappa shape index (κ1) is 16.1. The summed E-state index contributed by atoms with van der Waals surface area (Å²) in [4.78, 5) is 11.6. The van der Waals surface area contributed by atoms with Gasteiger partial charge in [0.05, 0.1) is 17.9 Å². The molecular formula is C13H16F3NO3. The fourth-order valence-electron chi connectivity index (χ4n) is 1.36. The van der Waals surface area contributed by atoms with Gasteiger partial charge in [0.15, 0.2) is 5.75 Å². The van der Waals surface area contributed by atoms with Gasteiger partial charge < -0.3 is 15.2 Å². The van der Waals surface area contributed by atoms with E-state index in [1.54, 1.807) is 0 Å². The van der Waals surface area contributed by atoms with E-state index < -0.39 is 18.1 Å². The standard InChI is InChI=1S/C13H16F3NO3/c1-8(2)5-6-19-12(18)9-3-4-11(10(17)7-9)20-13(14,15)16/h3-4,7-8H,5-6,17H2,1-2H3. The third-order valence-electron chi connectivity index (χ3n) is 2.40. The molecule has 1 aromatic carbocycles. The average molecular weight is 291 g/mol. The molecule has 0 heterocycles. The topological polar surface area (TPSA) is 61.5 Å². The Kier molecular flexibility index (Phi) is 5.24. The van der Waals surface area contributed by atoms with Crippen molar-refractivity contribution in [1.29, 1.82) is 0 Å². The quantitative estimate of drug-likeness (QED) is 0.667. The number of nitrogen functional groups attached to an aromatic ring is 1. The molecule has 1 rings (SSSR count). The summed E-state index contributed by atoms with van der Waals surface area (Å²) in [6.07, 6.45) is -4.12. The van der Waals surface area contributed by atoms with Crippen LogP contribution in [0.3, 0.4) is 0 Å². The zero-order valence-electron chi connectivity index (χ0n) is 11.2. The summed E-state index contributed by atoms with van der Waals surface area (Å²) >= 11 is 0. The molecule has 0 aromatic heterocycles. The minimum atomic E-state index is -4.83. The first-order valence-corrected chi connectivity index (χ1v) is 6.01. The summed E-state index contributed by atoms with van der Waals surface area (Å²) in [5.74, 6) is -0.789. The van der Waals surface area contributed by atoms with E-state index in [1.165, 1.54) is 6.07 Å². The zero-order chi connectivity index (χ0) is 15.3. The number of rotatable bonds is 5. The second-order valence-electron chi connectivity index (χ2n) is 4.62. The van der Waals surface area contributed by atoms with Gasteiger partial charge in [-0.1, -0.05) is 13.8 Å². The summed E-state index contributed by atoms with van der Waals surface area (Å²) in [5, 5.41) is 0. The van der Waals surface area contributed by atoms with Crippen LogP contribution in [0.1, 0.15) is 30.6 Å². The van der Waals surface area contributed by atoms with Crippen molar-refractivity contribution in [2.75, 3.05) is 12.3 Å². The fourth-order valence-corrected chi connectivity index (χ4v) is 1.36. The molecule has 0 fully saturated rings. The van der Waals surface area contributed by atoms with Crippen molar-refractivity contribution in [3.63, 3.8) is 0 Å². The summed E-state index contributed by atoms with van der Waals surface area (Å²) in [6, 6.07) is 3.26. The Hall–Kier alpha value is -1.92.